The van der Waals surface area contributed by atoms with Crippen molar-refractivity contribution in [3.05, 3.63) is 30.0 Å². The van der Waals surface area contributed by atoms with Gasteiger partial charge in [0.15, 0.2) is 0 Å². The molecule has 1 amide bonds. The van der Waals surface area contributed by atoms with E-state index in [1.54, 1.807) is 7.11 Å². The molecule has 2 aromatic rings. The number of carbonyl (C=O) groups is 1. The summed E-state index contributed by atoms with van der Waals surface area (Å²) in [6, 6.07) is 6.01. The Morgan fingerprint density at radius 2 is 1.59 bits per heavy atom. The van der Waals surface area contributed by atoms with Gasteiger partial charge in [0.1, 0.15) is 68.5 Å². The van der Waals surface area contributed by atoms with E-state index in [2.05, 4.69) is 78.4 Å². The highest BCUT2D eigenvalue weighted by molar-refractivity contribution is 6.59. The zero-order chi connectivity index (χ0) is 22.0. The Morgan fingerprint density at radius 3 is 2.10 bits per heavy atom. The molecule has 0 radical (unpaired) electrons. The lowest BCUT2D eigenvalue weighted by atomic mass is 9.30. The number of amides is 1. The normalized spacial score (nSPS) is 21.7. The van der Waals surface area contributed by atoms with Crippen molar-refractivity contribution in [1.29, 1.82) is 0 Å². The molecule has 144 valence electrons. The molecule has 1 aliphatic heterocycles. The number of methoxy groups -OCH3 is 1. The molecule has 1 aromatic heterocycles. The number of hydrogen-bond acceptors (Lipinski definition) is 3. The number of morpholine rings is 1. The first-order chi connectivity index (χ1) is 13.2. The fourth-order valence-electron chi connectivity index (χ4n) is 4.71. The molecule has 1 aromatic carbocycles. The van der Waals surface area contributed by atoms with E-state index >= 15 is 0 Å². The Bertz CT molecular complexity index is 946. The van der Waals surface area contributed by atoms with Crippen LogP contribution in [0.25, 0.3) is 10.9 Å². The minimum atomic E-state index is -0.482. The molecule has 0 unspecified atom stereocenters. The molecular weight excluding hydrogens is 355 g/mol. The number of hydrogen-bond donors (Lipinski definition) is 0. The summed E-state index contributed by atoms with van der Waals surface area (Å²) in [6.45, 7) is 0. The van der Waals surface area contributed by atoms with Gasteiger partial charge in [0, 0.05) is 34.9 Å². The number of carbonyl (C=O) groups excluding carboxylic acids is 1. The molecule has 2 heterocycles. The number of ether oxygens (including phenoxy) is 2. The summed E-state index contributed by atoms with van der Waals surface area (Å²) in [5.41, 5.74) is 2.11. The van der Waals surface area contributed by atoms with Crippen molar-refractivity contribution in [3.8, 4) is 5.75 Å². The number of benzene rings is 1. The average Bonchev–Trinajstić information content (AvgIpc) is 2.87. The fraction of sp³-hybridized carbons (Fsp3) is 0.438. The molecule has 1 fully saturated rings. The van der Waals surface area contributed by atoms with Crippen molar-refractivity contribution in [3.63, 3.8) is 0 Å². The highest BCUT2D eigenvalue weighted by Crippen LogP contribution is 2.40. The van der Waals surface area contributed by atoms with Crippen LogP contribution in [0.3, 0.4) is 0 Å². The molecule has 0 bridgehead atoms. The van der Waals surface area contributed by atoms with Gasteiger partial charge in [-0.1, -0.05) is 0 Å². The number of aromatic nitrogens is 1. The van der Waals surface area contributed by atoms with Gasteiger partial charge in [-0.25, -0.2) is 0 Å². The number of fused-ring (bicyclic) bond motifs is 1. The number of aryl methyl sites for hydroxylation is 1. The molecular formula is C16H28B8N2O3. The maximum absolute atomic E-state index is 13.8. The van der Waals surface area contributed by atoms with E-state index in [9.17, 15) is 4.79 Å². The van der Waals surface area contributed by atoms with E-state index in [1.807, 2.05) is 25.2 Å². The monoisotopic (exact) mass is 384 g/mol. The third kappa shape index (κ3) is 3.30. The van der Waals surface area contributed by atoms with Crippen molar-refractivity contribution >= 4 is 79.6 Å². The Hall–Kier alpha value is -1.49. The maximum atomic E-state index is 13.8. The van der Waals surface area contributed by atoms with Gasteiger partial charge in [0.25, 0.3) is 0 Å². The maximum Gasteiger partial charge on any atom is 0.225 e. The lowest BCUT2D eigenvalue weighted by Gasteiger charge is -2.68. The van der Waals surface area contributed by atoms with Crippen LogP contribution in [0, 0.1) is 0 Å². The predicted molar refractivity (Wildman–Crippen MR) is 140 cm³/mol. The summed E-state index contributed by atoms with van der Waals surface area (Å²) < 4.78 is 14.0. The van der Waals surface area contributed by atoms with Crippen molar-refractivity contribution in [2.45, 2.75) is 27.9 Å². The molecule has 13 heteroatoms. The van der Waals surface area contributed by atoms with Crippen LogP contribution in [0.4, 0.5) is 0 Å². The first-order valence-electron chi connectivity index (χ1n) is 10.3. The summed E-state index contributed by atoms with van der Waals surface area (Å²) >= 11 is 0. The minimum Gasteiger partial charge on any atom is -0.497 e. The van der Waals surface area contributed by atoms with E-state index in [1.165, 1.54) is 0 Å². The molecule has 0 atom stereocenters. The zero-order valence-electron chi connectivity index (χ0n) is 19.6. The number of rotatable bonds is 3. The summed E-state index contributed by atoms with van der Waals surface area (Å²) in [6.07, 6.45) is 2.39. The predicted octanol–water partition coefficient (Wildman–Crippen LogP) is -6.73. The molecule has 0 N–H and O–H groups in total. The summed E-state index contributed by atoms with van der Waals surface area (Å²) in [4.78, 5) is 15.9. The molecule has 1 saturated heterocycles. The minimum absolute atomic E-state index is 0.111. The van der Waals surface area contributed by atoms with Crippen LogP contribution in [0.1, 0.15) is 5.56 Å². The van der Waals surface area contributed by atoms with Crippen molar-refractivity contribution in [1.82, 2.24) is 9.47 Å². The molecule has 5 nitrogen and oxygen atoms in total. The Labute approximate surface area is 181 Å². The second-order valence-electron chi connectivity index (χ2n) is 10.3. The average molecular weight is 383 g/mol. The first-order valence-corrected chi connectivity index (χ1v) is 10.3. The molecule has 29 heavy (non-hydrogen) atoms. The lowest BCUT2D eigenvalue weighted by Crippen LogP contribution is -2.86. The van der Waals surface area contributed by atoms with Crippen LogP contribution in [0.2, 0.25) is 0 Å². The highest BCUT2D eigenvalue weighted by atomic mass is 16.5. The summed E-state index contributed by atoms with van der Waals surface area (Å²) in [5, 5.41) is -0.841. The van der Waals surface area contributed by atoms with Gasteiger partial charge in [0.05, 0.1) is 13.5 Å². The Morgan fingerprint density at radius 1 is 1.03 bits per heavy atom. The lowest BCUT2D eigenvalue weighted by molar-refractivity contribution is -0.156. The second kappa shape index (κ2) is 6.76. The van der Waals surface area contributed by atoms with Crippen LogP contribution in [-0.4, -0.2) is 107 Å². The van der Waals surface area contributed by atoms with E-state index in [4.69, 9.17) is 9.47 Å². The Balaban J connectivity index is 2.06. The highest BCUT2D eigenvalue weighted by Gasteiger charge is 2.59. The van der Waals surface area contributed by atoms with Crippen LogP contribution in [0.15, 0.2) is 24.4 Å². The summed E-state index contributed by atoms with van der Waals surface area (Å²) in [7, 11) is 20.4. The van der Waals surface area contributed by atoms with Crippen molar-refractivity contribution < 1.29 is 14.3 Å². The van der Waals surface area contributed by atoms with Crippen molar-refractivity contribution in [2.24, 2.45) is 7.05 Å². The largest absolute Gasteiger partial charge is 0.497 e. The number of nitrogens with zero attached hydrogens (tertiary/aromatic N) is 2. The standard InChI is InChI=1S/C16H28B8N2O3/c1-25-7-8(10-6-9(28-2)3-4-11(10)25)5-12(27)26-13(17,18)15(21,22)29-16(23,24)14(26,19)20/h3-4,6-7H,5,17-24H2,1-2H3. The molecule has 3 rings (SSSR count). The van der Waals surface area contributed by atoms with Gasteiger partial charge >= 0.3 is 0 Å². The smallest absolute Gasteiger partial charge is 0.225 e. The molecule has 0 saturated carbocycles. The van der Waals surface area contributed by atoms with E-state index < -0.39 is 21.5 Å². The molecule has 1 aliphatic rings. The SMILES string of the molecule is BC1(B)OC(B)(B)C(B)(B)N(C(=O)Cc2cn(C)c3ccc(OC)cc23)C1(B)B. The van der Waals surface area contributed by atoms with Gasteiger partial charge < -0.3 is 18.9 Å². The third-order valence-electron chi connectivity index (χ3n) is 7.45. The van der Waals surface area contributed by atoms with Crippen molar-refractivity contribution in [2.75, 3.05) is 7.11 Å². The van der Waals surface area contributed by atoms with E-state index in [-0.39, 0.29) is 5.91 Å². The zero-order valence-corrected chi connectivity index (χ0v) is 19.6. The van der Waals surface area contributed by atoms with Crippen LogP contribution in [0.5, 0.6) is 5.75 Å². The van der Waals surface area contributed by atoms with Gasteiger partial charge in [-0.05, 0) is 34.4 Å². The van der Waals surface area contributed by atoms with Crippen LogP contribution < -0.4 is 4.74 Å². The quantitative estimate of drug-likeness (QED) is 0.496. The molecule has 0 spiro atoms. The van der Waals surface area contributed by atoms with Gasteiger partial charge in [-0.15, -0.1) is 0 Å². The topological polar surface area (TPSA) is 43.7 Å². The third-order valence-corrected chi connectivity index (χ3v) is 7.45. The van der Waals surface area contributed by atoms with Gasteiger partial charge in [-0.3, -0.25) is 4.79 Å². The van der Waals surface area contributed by atoms with Crippen LogP contribution >= 0.6 is 0 Å². The van der Waals surface area contributed by atoms with E-state index in [0.717, 1.165) is 22.2 Å². The van der Waals surface area contributed by atoms with Crippen LogP contribution in [-0.2, 0) is 23.0 Å². The van der Waals surface area contributed by atoms with Gasteiger partial charge in [-0.2, -0.15) is 0 Å². The fourth-order valence-corrected chi connectivity index (χ4v) is 4.71. The Kier molecular flexibility index (Phi) is 5.18. The second-order valence-corrected chi connectivity index (χ2v) is 10.3. The summed E-state index contributed by atoms with van der Waals surface area (Å²) in [5.74, 6) is 0.909. The first kappa shape index (κ1) is 22.2. The van der Waals surface area contributed by atoms with Gasteiger partial charge in [0.2, 0.25) is 5.91 Å². The molecule has 0 aliphatic carbocycles. The van der Waals surface area contributed by atoms with E-state index in [0.29, 0.717) is 6.42 Å².